The number of benzene rings is 1. The van der Waals surface area contributed by atoms with Crippen LogP contribution in [-0.2, 0) is 0 Å². The molecule has 0 aliphatic heterocycles. The first-order valence-corrected chi connectivity index (χ1v) is 8.78. The predicted octanol–water partition coefficient (Wildman–Crippen LogP) is 3.59. The molecule has 1 aromatic carbocycles. The Morgan fingerprint density at radius 3 is 2.46 bits per heavy atom. The number of hydrogen-bond donors (Lipinski definition) is 0. The van der Waals surface area contributed by atoms with E-state index in [1.54, 1.807) is 34.4 Å². The van der Waals surface area contributed by atoms with Crippen molar-refractivity contribution in [2.75, 3.05) is 28.3 Å². The molecular formula is C19H19N3O3S. The quantitative estimate of drug-likeness (QED) is 0.688. The minimum atomic E-state index is -0.137. The number of amides is 1. The molecule has 0 saturated carbocycles. The number of methoxy groups -OCH3 is 2. The number of carbonyl (C=O) groups is 1. The van der Waals surface area contributed by atoms with Crippen LogP contribution in [0, 0.1) is 0 Å². The monoisotopic (exact) mass is 369 g/mol. The smallest absolute Gasteiger partial charge is 0.271 e. The molecule has 0 N–H and O–H groups in total. The first-order valence-electron chi connectivity index (χ1n) is 7.90. The van der Waals surface area contributed by atoms with Gasteiger partial charge in [-0.1, -0.05) is 6.07 Å². The van der Waals surface area contributed by atoms with E-state index in [4.69, 9.17) is 9.47 Å². The van der Waals surface area contributed by atoms with E-state index in [-0.39, 0.29) is 5.91 Å². The Morgan fingerprint density at radius 2 is 1.77 bits per heavy atom. The zero-order valence-electron chi connectivity index (χ0n) is 15.0. The number of thiazole rings is 1. The van der Waals surface area contributed by atoms with Gasteiger partial charge in [0.05, 0.1) is 19.9 Å². The van der Waals surface area contributed by atoms with Gasteiger partial charge in [-0.05, 0) is 30.3 Å². The van der Waals surface area contributed by atoms with Crippen LogP contribution in [0.5, 0.6) is 11.5 Å². The maximum absolute atomic E-state index is 12.1. The third kappa shape index (κ3) is 3.52. The molecule has 1 amide bonds. The van der Waals surface area contributed by atoms with Gasteiger partial charge in [0.2, 0.25) is 0 Å². The summed E-state index contributed by atoms with van der Waals surface area (Å²) in [6.07, 6.45) is 0. The summed E-state index contributed by atoms with van der Waals surface area (Å²) in [6.45, 7) is 0. The Morgan fingerprint density at radius 1 is 1.00 bits per heavy atom. The van der Waals surface area contributed by atoms with Gasteiger partial charge in [0.15, 0.2) is 11.5 Å². The van der Waals surface area contributed by atoms with Crippen LogP contribution in [0.3, 0.4) is 0 Å². The summed E-state index contributed by atoms with van der Waals surface area (Å²) in [7, 11) is 6.61. The molecule has 0 aliphatic rings. The van der Waals surface area contributed by atoms with E-state index in [9.17, 15) is 4.79 Å². The average molecular weight is 369 g/mol. The van der Waals surface area contributed by atoms with Crippen molar-refractivity contribution >= 4 is 17.2 Å². The summed E-state index contributed by atoms with van der Waals surface area (Å²) >= 11 is 1.51. The molecule has 26 heavy (non-hydrogen) atoms. The lowest BCUT2D eigenvalue weighted by molar-refractivity contribution is 0.0822. The Balaban J connectivity index is 1.93. The average Bonchev–Trinajstić information content (AvgIpc) is 3.17. The molecule has 134 valence electrons. The number of pyridine rings is 1. The van der Waals surface area contributed by atoms with Crippen LogP contribution < -0.4 is 9.47 Å². The van der Waals surface area contributed by atoms with Crippen molar-refractivity contribution in [2.45, 2.75) is 0 Å². The largest absolute Gasteiger partial charge is 0.493 e. The van der Waals surface area contributed by atoms with Gasteiger partial charge in [0, 0.05) is 25.0 Å². The topological polar surface area (TPSA) is 64.5 Å². The Labute approximate surface area is 156 Å². The summed E-state index contributed by atoms with van der Waals surface area (Å²) in [6, 6.07) is 11.0. The summed E-state index contributed by atoms with van der Waals surface area (Å²) < 4.78 is 10.6. The Hall–Kier alpha value is -2.93. The lowest BCUT2D eigenvalue weighted by Crippen LogP contribution is -2.22. The fourth-order valence-electron chi connectivity index (χ4n) is 2.42. The second-order valence-corrected chi connectivity index (χ2v) is 6.57. The molecule has 3 rings (SSSR count). The molecule has 7 heteroatoms. The van der Waals surface area contributed by atoms with Gasteiger partial charge in [-0.15, -0.1) is 11.3 Å². The van der Waals surface area contributed by atoms with E-state index in [1.165, 1.54) is 16.2 Å². The molecule has 2 heterocycles. The molecule has 0 bridgehead atoms. The molecule has 0 unspecified atom stereocenters. The number of aromatic nitrogens is 2. The number of nitrogens with zero attached hydrogens (tertiary/aromatic N) is 3. The van der Waals surface area contributed by atoms with Crippen molar-refractivity contribution in [1.82, 2.24) is 14.9 Å². The minimum absolute atomic E-state index is 0.137. The first kappa shape index (κ1) is 17.9. The van der Waals surface area contributed by atoms with Crippen LogP contribution in [-0.4, -0.2) is 49.1 Å². The number of carbonyl (C=O) groups excluding carboxylic acids is 1. The van der Waals surface area contributed by atoms with Crippen molar-refractivity contribution in [3.05, 3.63) is 47.5 Å². The molecule has 0 atom stereocenters. The van der Waals surface area contributed by atoms with Crippen LogP contribution in [0.15, 0.2) is 41.8 Å². The SMILES string of the molecule is COc1ccc(-c2nc(-c3cccc(C(=O)N(C)C)n3)cs2)cc1OC. The molecule has 2 aromatic heterocycles. The second kappa shape index (κ2) is 7.53. The summed E-state index contributed by atoms with van der Waals surface area (Å²) in [5.41, 5.74) is 2.72. The zero-order valence-corrected chi connectivity index (χ0v) is 15.8. The summed E-state index contributed by atoms with van der Waals surface area (Å²) in [5.74, 6) is 1.19. The van der Waals surface area contributed by atoms with Crippen LogP contribution in [0.1, 0.15) is 10.5 Å². The second-order valence-electron chi connectivity index (χ2n) is 5.72. The molecule has 0 spiro atoms. The third-order valence-corrected chi connectivity index (χ3v) is 4.66. The molecule has 0 radical (unpaired) electrons. The van der Waals surface area contributed by atoms with Crippen LogP contribution in [0.4, 0.5) is 0 Å². The highest BCUT2D eigenvalue weighted by molar-refractivity contribution is 7.13. The van der Waals surface area contributed by atoms with Gasteiger partial charge in [-0.3, -0.25) is 4.79 Å². The maximum atomic E-state index is 12.1. The van der Waals surface area contributed by atoms with Crippen LogP contribution in [0.2, 0.25) is 0 Å². The van der Waals surface area contributed by atoms with Crippen LogP contribution >= 0.6 is 11.3 Å². The van der Waals surface area contributed by atoms with Gasteiger partial charge in [0.1, 0.15) is 16.4 Å². The van der Waals surface area contributed by atoms with Gasteiger partial charge in [-0.2, -0.15) is 0 Å². The molecule has 0 saturated heterocycles. The standard InChI is InChI=1S/C19H19N3O3S/c1-22(2)19(23)14-7-5-6-13(20-14)15-11-26-18(21-15)12-8-9-16(24-3)17(10-12)25-4/h5-11H,1-4H3. The maximum Gasteiger partial charge on any atom is 0.271 e. The summed E-state index contributed by atoms with van der Waals surface area (Å²) in [4.78, 5) is 22.7. The van der Waals surface area contributed by atoms with Crippen molar-refractivity contribution in [2.24, 2.45) is 0 Å². The lowest BCUT2D eigenvalue weighted by atomic mass is 10.2. The first-order chi connectivity index (χ1) is 12.5. The van der Waals surface area contributed by atoms with E-state index >= 15 is 0 Å². The van der Waals surface area contributed by atoms with Crippen molar-refractivity contribution in [3.8, 4) is 33.5 Å². The third-order valence-electron chi connectivity index (χ3n) is 3.77. The molecule has 0 aliphatic carbocycles. The van der Waals surface area contributed by atoms with Crippen LogP contribution in [0.25, 0.3) is 22.0 Å². The number of rotatable bonds is 5. The van der Waals surface area contributed by atoms with Gasteiger partial charge < -0.3 is 14.4 Å². The fourth-order valence-corrected chi connectivity index (χ4v) is 3.23. The molecule has 0 fully saturated rings. The van der Waals surface area contributed by atoms with Gasteiger partial charge >= 0.3 is 0 Å². The number of hydrogen-bond acceptors (Lipinski definition) is 6. The number of ether oxygens (including phenoxy) is 2. The van der Waals surface area contributed by atoms with Crippen molar-refractivity contribution < 1.29 is 14.3 Å². The highest BCUT2D eigenvalue weighted by Gasteiger charge is 2.14. The minimum Gasteiger partial charge on any atom is -0.493 e. The van der Waals surface area contributed by atoms with E-state index in [0.717, 1.165) is 16.3 Å². The summed E-state index contributed by atoms with van der Waals surface area (Å²) in [5, 5.41) is 2.77. The van der Waals surface area contributed by atoms with E-state index < -0.39 is 0 Å². The fraction of sp³-hybridized carbons (Fsp3) is 0.211. The van der Waals surface area contributed by atoms with E-state index in [0.29, 0.717) is 22.9 Å². The molecular weight excluding hydrogens is 350 g/mol. The van der Waals surface area contributed by atoms with E-state index in [1.807, 2.05) is 35.7 Å². The zero-order chi connectivity index (χ0) is 18.7. The highest BCUT2D eigenvalue weighted by Crippen LogP contribution is 2.34. The normalized spacial score (nSPS) is 10.5. The lowest BCUT2D eigenvalue weighted by Gasteiger charge is -2.09. The van der Waals surface area contributed by atoms with Gasteiger partial charge in [-0.25, -0.2) is 9.97 Å². The Kier molecular flexibility index (Phi) is 5.18. The highest BCUT2D eigenvalue weighted by atomic mass is 32.1. The van der Waals surface area contributed by atoms with Crippen molar-refractivity contribution in [1.29, 1.82) is 0 Å². The molecule has 6 nitrogen and oxygen atoms in total. The van der Waals surface area contributed by atoms with Gasteiger partial charge in [0.25, 0.3) is 5.91 Å². The molecule has 3 aromatic rings. The predicted molar refractivity (Wildman–Crippen MR) is 102 cm³/mol. The Bertz CT molecular complexity index is 937. The van der Waals surface area contributed by atoms with E-state index in [2.05, 4.69) is 9.97 Å². The van der Waals surface area contributed by atoms with Crippen molar-refractivity contribution in [3.63, 3.8) is 0 Å².